The molecule has 2 aromatic carbocycles. The van der Waals surface area contributed by atoms with Crippen LogP contribution in [0.4, 0.5) is 14.9 Å². The molecule has 0 aliphatic carbocycles. The number of non-ortho nitro benzene ring substituents is 1. The smallest absolute Gasteiger partial charge is 0.315 e. The molecule has 0 saturated heterocycles. The number of hydrogen-bond donors (Lipinski definition) is 4. The van der Waals surface area contributed by atoms with E-state index in [0.717, 1.165) is 5.56 Å². The maximum Gasteiger partial charge on any atom is 0.315 e. The van der Waals surface area contributed by atoms with Gasteiger partial charge in [0.15, 0.2) is 0 Å². The normalized spacial score (nSPS) is 12.9. The number of aliphatic hydroxyl groups is 2. The Morgan fingerprint density at radius 1 is 1.15 bits per heavy atom. The van der Waals surface area contributed by atoms with Gasteiger partial charge in [0, 0.05) is 18.7 Å². The average Bonchev–Trinajstić information content (AvgIpc) is 2.67. The molecule has 0 radical (unpaired) electrons. The Labute approximate surface area is 154 Å². The van der Waals surface area contributed by atoms with Crippen molar-refractivity contribution >= 4 is 11.7 Å². The van der Waals surface area contributed by atoms with Gasteiger partial charge in [0.05, 0.1) is 17.6 Å². The summed E-state index contributed by atoms with van der Waals surface area (Å²) in [6, 6.07) is 9.50. The second kappa shape index (κ2) is 9.60. The molecule has 4 N–H and O–H groups in total. The number of carbonyl (C=O) groups is 1. The van der Waals surface area contributed by atoms with E-state index in [-0.39, 0.29) is 18.0 Å². The van der Waals surface area contributed by atoms with Crippen LogP contribution in [0.2, 0.25) is 0 Å². The summed E-state index contributed by atoms with van der Waals surface area (Å²) in [6.07, 6.45) is -0.749. The van der Waals surface area contributed by atoms with E-state index in [1.54, 1.807) is 12.1 Å². The van der Waals surface area contributed by atoms with Crippen LogP contribution in [0.25, 0.3) is 0 Å². The number of aliphatic hydroxyl groups excluding tert-OH is 2. The van der Waals surface area contributed by atoms with Crippen LogP contribution in [-0.4, -0.2) is 40.4 Å². The first-order valence-corrected chi connectivity index (χ1v) is 8.23. The van der Waals surface area contributed by atoms with Crippen molar-refractivity contribution in [2.75, 3.05) is 13.2 Å². The highest BCUT2D eigenvalue weighted by atomic mass is 19.1. The molecule has 27 heavy (non-hydrogen) atoms. The SMILES string of the molecule is O=C(NCCc1ccc(F)cc1)N[C@@H](CO)[C@@H](O)c1ccc([N+](=O)[O-])cc1. The third-order valence-corrected chi connectivity index (χ3v) is 3.95. The number of benzene rings is 2. The predicted octanol–water partition coefficient (Wildman–Crippen LogP) is 1.67. The number of halogens is 1. The molecule has 2 amide bonds. The van der Waals surface area contributed by atoms with E-state index in [0.29, 0.717) is 12.0 Å². The first kappa shape index (κ1) is 20.3. The highest BCUT2D eigenvalue weighted by Gasteiger charge is 2.22. The lowest BCUT2D eigenvalue weighted by atomic mass is 10.0. The summed E-state index contributed by atoms with van der Waals surface area (Å²) < 4.78 is 12.8. The van der Waals surface area contributed by atoms with Crippen LogP contribution < -0.4 is 10.6 Å². The van der Waals surface area contributed by atoms with Crippen LogP contribution in [-0.2, 0) is 6.42 Å². The lowest BCUT2D eigenvalue weighted by Crippen LogP contribution is -2.47. The molecule has 0 saturated carbocycles. The van der Waals surface area contributed by atoms with E-state index in [9.17, 15) is 29.5 Å². The minimum absolute atomic E-state index is 0.127. The Hall–Kier alpha value is -3.04. The summed E-state index contributed by atoms with van der Waals surface area (Å²) in [4.78, 5) is 22.0. The van der Waals surface area contributed by atoms with Crippen molar-refractivity contribution in [1.82, 2.24) is 10.6 Å². The maximum atomic E-state index is 12.8. The van der Waals surface area contributed by atoms with Gasteiger partial charge in [-0.2, -0.15) is 0 Å². The van der Waals surface area contributed by atoms with Gasteiger partial charge in [0.1, 0.15) is 11.9 Å². The highest BCUT2D eigenvalue weighted by Crippen LogP contribution is 2.20. The number of hydrogen-bond acceptors (Lipinski definition) is 5. The molecular weight excluding hydrogens is 357 g/mol. The minimum atomic E-state index is -1.24. The first-order valence-electron chi connectivity index (χ1n) is 8.23. The van der Waals surface area contributed by atoms with E-state index >= 15 is 0 Å². The number of amides is 2. The van der Waals surface area contributed by atoms with Crippen LogP contribution in [0.5, 0.6) is 0 Å². The second-order valence-electron chi connectivity index (χ2n) is 5.86. The van der Waals surface area contributed by atoms with E-state index in [1.165, 1.54) is 36.4 Å². The van der Waals surface area contributed by atoms with Crippen LogP contribution in [0.1, 0.15) is 17.2 Å². The molecule has 0 aliphatic heterocycles. The lowest BCUT2D eigenvalue weighted by molar-refractivity contribution is -0.384. The first-order chi connectivity index (χ1) is 12.9. The van der Waals surface area contributed by atoms with Gasteiger partial charge in [-0.25, -0.2) is 9.18 Å². The molecule has 0 bridgehead atoms. The number of nitrogens with zero attached hydrogens (tertiary/aromatic N) is 1. The Kier molecular flexibility index (Phi) is 7.21. The molecule has 2 rings (SSSR count). The number of nitrogens with one attached hydrogen (secondary N) is 2. The van der Waals surface area contributed by atoms with Crippen molar-refractivity contribution in [2.24, 2.45) is 0 Å². The molecule has 144 valence electrons. The lowest BCUT2D eigenvalue weighted by Gasteiger charge is -2.22. The van der Waals surface area contributed by atoms with E-state index in [2.05, 4.69) is 10.6 Å². The van der Waals surface area contributed by atoms with Gasteiger partial charge in [-0.05, 0) is 41.8 Å². The number of nitro benzene ring substituents is 1. The minimum Gasteiger partial charge on any atom is -0.394 e. The Morgan fingerprint density at radius 3 is 2.33 bits per heavy atom. The zero-order valence-electron chi connectivity index (χ0n) is 14.3. The van der Waals surface area contributed by atoms with Crippen molar-refractivity contribution in [3.8, 4) is 0 Å². The topological polar surface area (TPSA) is 125 Å². The van der Waals surface area contributed by atoms with E-state index in [4.69, 9.17) is 0 Å². The summed E-state index contributed by atoms with van der Waals surface area (Å²) in [7, 11) is 0. The van der Waals surface area contributed by atoms with Crippen LogP contribution in [0, 0.1) is 15.9 Å². The molecule has 0 unspecified atom stereocenters. The predicted molar refractivity (Wildman–Crippen MR) is 95.6 cm³/mol. The summed E-state index contributed by atoms with van der Waals surface area (Å²) in [5.74, 6) is -0.338. The molecule has 0 aromatic heterocycles. The van der Waals surface area contributed by atoms with Gasteiger partial charge < -0.3 is 20.8 Å². The van der Waals surface area contributed by atoms with Gasteiger partial charge in [0.25, 0.3) is 5.69 Å². The largest absolute Gasteiger partial charge is 0.394 e. The van der Waals surface area contributed by atoms with Gasteiger partial charge in [-0.1, -0.05) is 12.1 Å². The van der Waals surface area contributed by atoms with E-state index < -0.39 is 29.7 Å². The Morgan fingerprint density at radius 2 is 1.78 bits per heavy atom. The molecule has 2 aromatic rings. The third kappa shape index (κ3) is 6.01. The third-order valence-electron chi connectivity index (χ3n) is 3.95. The van der Waals surface area contributed by atoms with Gasteiger partial charge in [0.2, 0.25) is 0 Å². The van der Waals surface area contributed by atoms with Crippen molar-refractivity contribution < 1.29 is 24.3 Å². The Balaban J connectivity index is 1.85. The monoisotopic (exact) mass is 377 g/mol. The van der Waals surface area contributed by atoms with Crippen molar-refractivity contribution in [3.63, 3.8) is 0 Å². The second-order valence-corrected chi connectivity index (χ2v) is 5.86. The summed E-state index contributed by atoms with van der Waals surface area (Å²) in [5, 5.41) is 35.4. The van der Waals surface area contributed by atoms with Gasteiger partial charge >= 0.3 is 6.03 Å². The zero-order valence-corrected chi connectivity index (χ0v) is 14.3. The fourth-order valence-corrected chi connectivity index (χ4v) is 2.44. The van der Waals surface area contributed by atoms with Crippen molar-refractivity contribution in [1.29, 1.82) is 0 Å². The fraction of sp³-hybridized carbons (Fsp3) is 0.278. The van der Waals surface area contributed by atoms with E-state index in [1.807, 2.05) is 0 Å². The fourth-order valence-electron chi connectivity index (χ4n) is 2.44. The molecule has 2 atom stereocenters. The Bertz CT molecular complexity index is 768. The van der Waals surface area contributed by atoms with Crippen molar-refractivity contribution in [2.45, 2.75) is 18.6 Å². The number of carbonyl (C=O) groups excluding carboxylic acids is 1. The van der Waals surface area contributed by atoms with Gasteiger partial charge in [-0.15, -0.1) is 0 Å². The van der Waals surface area contributed by atoms with Crippen LogP contribution in [0.15, 0.2) is 48.5 Å². The standard InChI is InChI=1S/C18H20FN3O5/c19-14-5-1-12(2-6-14)9-10-20-18(25)21-16(11-23)17(24)13-3-7-15(8-4-13)22(26)27/h1-8,16-17,23-24H,9-11H2,(H2,20,21,25)/t16-,17-/m0/s1. The summed E-state index contributed by atoms with van der Waals surface area (Å²) >= 11 is 0. The quantitative estimate of drug-likeness (QED) is 0.411. The van der Waals surface area contributed by atoms with Gasteiger partial charge in [-0.3, -0.25) is 10.1 Å². The molecular formula is C18H20FN3O5. The van der Waals surface area contributed by atoms with Crippen molar-refractivity contribution in [3.05, 3.63) is 75.6 Å². The van der Waals surface area contributed by atoms with Crippen LogP contribution >= 0.6 is 0 Å². The summed E-state index contributed by atoms with van der Waals surface area (Å²) in [6.45, 7) is -0.243. The average molecular weight is 377 g/mol. The molecule has 0 aliphatic rings. The molecule has 8 nitrogen and oxygen atoms in total. The molecule has 0 fully saturated rings. The number of rotatable bonds is 8. The zero-order chi connectivity index (χ0) is 19.8. The molecule has 9 heteroatoms. The van der Waals surface area contributed by atoms with Crippen LogP contribution in [0.3, 0.4) is 0 Å². The summed E-state index contributed by atoms with van der Waals surface area (Å²) in [5.41, 5.74) is 1.05. The maximum absolute atomic E-state index is 12.8. The number of nitro groups is 1. The number of urea groups is 1. The molecule has 0 spiro atoms. The highest BCUT2D eigenvalue weighted by molar-refractivity contribution is 5.74. The molecule has 0 heterocycles.